The topological polar surface area (TPSA) is 3.24 Å². The highest BCUT2D eigenvalue weighted by atomic mass is 32.1. The van der Waals surface area contributed by atoms with E-state index in [0.717, 1.165) is 4.99 Å². The highest BCUT2D eigenvalue weighted by Crippen LogP contribution is 2.18. The van der Waals surface area contributed by atoms with E-state index in [9.17, 15) is 0 Å². The van der Waals surface area contributed by atoms with Gasteiger partial charge >= 0.3 is 0 Å². The van der Waals surface area contributed by atoms with E-state index >= 15 is 0 Å². The van der Waals surface area contributed by atoms with Crippen LogP contribution in [-0.2, 0) is 0 Å². The van der Waals surface area contributed by atoms with E-state index in [-0.39, 0.29) is 0 Å². The van der Waals surface area contributed by atoms with Gasteiger partial charge in [0, 0.05) is 19.7 Å². The minimum Gasteiger partial charge on any atom is -0.368 e. The van der Waals surface area contributed by atoms with Crippen LogP contribution in [0.5, 0.6) is 0 Å². The van der Waals surface area contributed by atoms with Crippen LogP contribution < -0.4 is 0 Å². The van der Waals surface area contributed by atoms with E-state index in [2.05, 4.69) is 32.9 Å². The summed E-state index contributed by atoms with van der Waals surface area (Å²) in [5, 5.41) is 0. The van der Waals surface area contributed by atoms with Crippen molar-refractivity contribution in [3.63, 3.8) is 0 Å². The van der Waals surface area contributed by atoms with E-state index in [4.69, 9.17) is 12.2 Å². The zero-order valence-electron chi connectivity index (χ0n) is 9.51. The lowest BCUT2D eigenvalue weighted by atomic mass is 9.99. The Morgan fingerprint density at radius 1 is 1.07 bits per heavy atom. The van der Waals surface area contributed by atoms with Crippen molar-refractivity contribution in [3.05, 3.63) is 34.4 Å². The highest BCUT2D eigenvalue weighted by molar-refractivity contribution is 7.80. The van der Waals surface area contributed by atoms with Gasteiger partial charge in [0.25, 0.3) is 0 Å². The zero-order valence-corrected chi connectivity index (χ0v) is 10.3. The summed E-state index contributed by atoms with van der Waals surface area (Å²) < 4.78 is 0. The molecule has 0 heterocycles. The third kappa shape index (κ3) is 2.13. The summed E-state index contributed by atoms with van der Waals surface area (Å²) >= 11 is 5.39. The number of hydrogen-bond donors (Lipinski definition) is 0. The molecule has 0 radical (unpaired) electrons. The third-order valence-corrected chi connectivity index (χ3v) is 2.87. The fraction of sp³-hybridized carbons (Fsp3) is 0.417. The van der Waals surface area contributed by atoms with Crippen molar-refractivity contribution in [2.75, 3.05) is 14.1 Å². The van der Waals surface area contributed by atoms with E-state index in [1.807, 2.05) is 19.0 Å². The van der Waals surface area contributed by atoms with Crippen LogP contribution in [0.1, 0.15) is 22.3 Å². The van der Waals surface area contributed by atoms with Crippen LogP contribution in [0.15, 0.2) is 12.1 Å². The van der Waals surface area contributed by atoms with Gasteiger partial charge in [-0.3, -0.25) is 0 Å². The number of benzene rings is 1. The molecule has 0 aliphatic rings. The minimum absolute atomic E-state index is 0.917. The Bertz CT molecular complexity index is 344. The first-order valence-corrected chi connectivity index (χ1v) is 5.14. The van der Waals surface area contributed by atoms with Crippen molar-refractivity contribution in [3.8, 4) is 0 Å². The Morgan fingerprint density at radius 2 is 1.50 bits per heavy atom. The van der Waals surface area contributed by atoms with Gasteiger partial charge < -0.3 is 4.90 Å². The Morgan fingerprint density at radius 3 is 1.86 bits per heavy atom. The predicted molar refractivity (Wildman–Crippen MR) is 66.0 cm³/mol. The van der Waals surface area contributed by atoms with Crippen LogP contribution in [0, 0.1) is 20.8 Å². The first-order chi connectivity index (χ1) is 6.43. The molecule has 1 rings (SSSR count). The number of rotatable bonds is 1. The molecule has 1 nitrogen and oxygen atoms in total. The van der Waals surface area contributed by atoms with Gasteiger partial charge in [0.1, 0.15) is 4.99 Å². The molecule has 0 atom stereocenters. The van der Waals surface area contributed by atoms with Crippen LogP contribution in [0.3, 0.4) is 0 Å². The molecule has 1 aromatic carbocycles. The summed E-state index contributed by atoms with van der Waals surface area (Å²) in [6.07, 6.45) is 0. The molecule has 76 valence electrons. The molecule has 2 heteroatoms. The summed E-state index contributed by atoms with van der Waals surface area (Å²) in [5.74, 6) is 0. The van der Waals surface area contributed by atoms with Crippen LogP contribution in [0.4, 0.5) is 0 Å². The SMILES string of the molecule is Cc1cc(C)c(C(=S)N(C)C)c(C)c1. The van der Waals surface area contributed by atoms with Gasteiger partial charge in [-0.25, -0.2) is 0 Å². The van der Waals surface area contributed by atoms with Crippen LogP contribution in [0.2, 0.25) is 0 Å². The summed E-state index contributed by atoms with van der Waals surface area (Å²) in [6, 6.07) is 4.36. The van der Waals surface area contributed by atoms with Crippen molar-refractivity contribution in [2.24, 2.45) is 0 Å². The Kier molecular flexibility index (Phi) is 3.27. The molecule has 0 bridgehead atoms. The summed E-state index contributed by atoms with van der Waals surface area (Å²) in [4.78, 5) is 2.90. The maximum absolute atomic E-state index is 5.39. The normalized spacial score (nSPS) is 10.1. The van der Waals surface area contributed by atoms with Crippen molar-refractivity contribution in [1.82, 2.24) is 4.90 Å². The summed E-state index contributed by atoms with van der Waals surface area (Å²) in [7, 11) is 3.97. The second-order valence-electron chi connectivity index (χ2n) is 3.97. The molecule has 0 aromatic heterocycles. The average molecular weight is 207 g/mol. The van der Waals surface area contributed by atoms with Gasteiger partial charge in [-0.2, -0.15) is 0 Å². The molecule has 0 unspecified atom stereocenters. The van der Waals surface area contributed by atoms with Crippen LogP contribution in [0.25, 0.3) is 0 Å². The molecule has 0 amide bonds. The molecule has 0 saturated carbocycles. The van der Waals surface area contributed by atoms with Gasteiger partial charge in [0.05, 0.1) is 0 Å². The van der Waals surface area contributed by atoms with Gasteiger partial charge in [-0.15, -0.1) is 0 Å². The largest absolute Gasteiger partial charge is 0.368 e. The molecule has 1 aromatic rings. The maximum Gasteiger partial charge on any atom is 0.109 e. The molecule has 0 spiro atoms. The zero-order chi connectivity index (χ0) is 10.9. The lowest BCUT2D eigenvalue weighted by Crippen LogP contribution is -2.22. The van der Waals surface area contributed by atoms with Crippen molar-refractivity contribution in [2.45, 2.75) is 20.8 Å². The molecule has 0 aliphatic carbocycles. The van der Waals surface area contributed by atoms with Crippen molar-refractivity contribution in [1.29, 1.82) is 0 Å². The van der Waals surface area contributed by atoms with E-state index < -0.39 is 0 Å². The summed E-state index contributed by atoms with van der Waals surface area (Å²) in [5.41, 5.74) is 5.03. The molecule has 0 saturated heterocycles. The van der Waals surface area contributed by atoms with Gasteiger partial charge in [0.15, 0.2) is 0 Å². The Hall–Kier alpha value is -0.890. The lowest BCUT2D eigenvalue weighted by molar-refractivity contribution is 0.636. The number of hydrogen-bond acceptors (Lipinski definition) is 1. The second-order valence-corrected chi connectivity index (χ2v) is 4.36. The van der Waals surface area contributed by atoms with Gasteiger partial charge in [-0.05, 0) is 31.9 Å². The fourth-order valence-corrected chi connectivity index (χ4v) is 2.06. The lowest BCUT2D eigenvalue weighted by Gasteiger charge is -2.18. The molecular formula is C12H17NS. The van der Waals surface area contributed by atoms with Crippen LogP contribution in [-0.4, -0.2) is 24.0 Å². The first-order valence-electron chi connectivity index (χ1n) is 4.73. The predicted octanol–water partition coefficient (Wildman–Crippen LogP) is 2.85. The van der Waals surface area contributed by atoms with E-state index in [0.29, 0.717) is 0 Å². The molecule has 0 aliphatic heterocycles. The number of aryl methyl sites for hydroxylation is 3. The van der Waals surface area contributed by atoms with Crippen molar-refractivity contribution < 1.29 is 0 Å². The Labute approximate surface area is 91.7 Å². The second kappa shape index (κ2) is 4.09. The molecule has 0 fully saturated rings. The number of thiocarbonyl (C=S) groups is 1. The monoisotopic (exact) mass is 207 g/mol. The van der Waals surface area contributed by atoms with E-state index in [1.54, 1.807) is 0 Å². The first kappa shape index (κ1) is 11.2. The van der Waals surface area contributed by atoms with Gasteiger partial charge in [-0.1, -0.05) is 29.9 Å². The highest BCUT2D eigenvalue weighted by Gasteiger charge is 2.10. The average Bonchev–Trinajstić information content (AvgIpc) is 2.01. The molecule has 0 N–H and O–H groups in total. The van der Waals surface area contributed by atoms with Crippen LogP contribution >= 0.6 is 12.2 Å². The quantitative estimate of drug-likeness (QED) is 0.651. The molecule has 14 heavy (non-hydrogen) atoms. The summed E-state index contributed by atoms with van der Waals surface area (Å²) in [6.45, 7) is 6.35. The number of nitrogens with zero attached hydrogens (tertiary/aromatic N) is 1. The smallest absolute Gasteiger partial charge is 0.109 e. The van der Waals surface area contributed by atoms with Gasteiger partial charge in [0.2, 0.25) is 0 Å². The van der Waals surface area contributed by atoms with E-state index in [1.165, 1.54) is 22.3 Å². The third-order valence-electron chi connectivity index (χ3n) is 2.30. The minimum atomic E-state index is 0.917. The fourth-order valence-electron chi connectivity index (χ4n) is 1.74. The van der Waals surface area contributed by atoms with Crippen molar-refractivity contribution >= 4 is 17.2 Å². The Balaban J connectivity index is 3.28. The maximum atomic E-state index is 5.39. The molecular weight excluding hydrogens is 190 g/mol. The standard InChI is InChI=1S/C12H17NS/c1-8-6-9(2)11(10(3)7-8)12(14)13(4)5/h6-7H,1-5H3.